The number of benzene rings is 3. The molecule has 0 atom stereocenters. The average molecular weight is 301 g/mol. The predicted molar refractivity (Wildman–Crippen MR) is 92.2 cm³/mol. The van der Waals surface area contributed by atoms with E-state index in [0.29, 0.717) is 11.3 Å². The highest BCUT2D eigenvalue weighted by molar-refractivity contribution is 6.14. The summed E-state index contributed by atoms with van der Waals surface area (Å²) in [5.74, 6) is 0.720. The molecule has 0 amide bonds. The molecule has 0 saturated carbocycles. The average Bonchev–Trinajstić information content (AvgIpc) is 3.06. The van der Waals surface area contributed by atoms with Crippen LogP contribution in [0.5, 0.6) is 5.75 Å². The van der Waals surface area contributed by atoms with Gasteiger partial charge in [0.05, 0.1) is 12.8 Å². The molecule has 23 heavy (non-hydrogen) atoms. The van der Waals surface area contributed by atoms with Crippen molar-refractivity contribution in [2.24, 2.45) is 0 Å². The van der Waals surface area contributed by atoms with Gasteiger partial charge in [0, 0.05) is 16.5 Å². The van der Waals surface area contributed by atoms with E-state index in [0.717, 1.165) is 22.0 Å². The summed E-state index contributed by atoms with van der Waals surface area (Å²) in [6.07, 6.45) is 0. The van der Waals surface area contributed by atoms with Crippen LogP contribution in [0.1, 0.15) is 16.1 Å². The number of hydrogen-bond acceptors (Lipinski definition) is 2. The van der Waals surface area contributed by atoms with E-state index in [2.05, 4.69) is 23.2 Å². The first kappa shape index (κ1) is 13.6. The SMILES string of the molecule is COc1ccc(C(=O)c2cc3c(ccc4ccccc43)[nH]2)cc1. The molecule has 0 radical (unpaired) electrons. The van der Waals surface area contributed by atoms with E-state index in [9.17, 15) is 4.79 Å². The number of ketones is 1. The van der Waals surface area contributed by atoms with E-state index in [1.54, 1.807) is 31.4 Å². The van der Waals surface area contributed by atoms with Crippen molar-refractivity contribution in [1.29, 1.82) is 0 Å². The number of nitrogens with one attached hydrogen (secondary N) is 1. The van der Waals surface area contributed by atoms with Crippen molar-refractivity contribution in [3.8, 4) is 5.75 Å². The maximum atomic E-state index is 12.7. The quantitative estimate of drug-likeness (QED) is 0.564. The van der Waals surface area contributed by atoms with Gasteiger partial charge >= 0.3 is 0 Å². The minimum atomic E-state index is -0.0204. The third-order valence-corrected chi connectivity index (χ3v) is 4.13. The lowest BCUT2D eigenvalue weighted by Crippen LogP contribution is -2.01. The summed E-state index contributed by atoms with van der Waals surface area (Å²) in [6, 6.07) is 21.4. The fourth-order valence-corrected chi connectivity index (χ4v) is 2.91. The maximum absolute atomic E-state index is 12.7. The van der Waals surface area contributed by atoms with Crippen molar-refractivity contribution < 1.29 is 9.53 Å². The summed E-state index contributed by atoms with van der Waals surface area (Å²) < 4.78 is 5.13. The molecule has 1 heterocycles. The van der Waals surface area contributed by atoms with Crippen LogP contribution in [0.2, 0.25) is 0 Å². The first-order valence-corrected chi connectivity index (χ1v) is 7.45. The molecule has 4 aromatic rings. The van der Waals surface area contributed by atoms with Gasteiger partial charge in [-0.25, -0.2) is 0 Å². The number of aromatic nitrogens is 1. The summed E-state index contributed by atoms with van der Waals surface area (Å²) in [5.41, 5.74) is 2.21. The Kier molecular flexibility index (Phi) is 3.12. The van der Waals surface area contributed by atoms with E-state index in [1.807, 2.05) is 24.3 Å². The fraction of sp³-hybridized carbons (Fsp3) is 0.0500. The molecule has 0 aliphatic rings. The van der Waals surface area contributed by atoms with Crippen LogP contribution >= 0.6 is 0 Å². The number of ether oxygens (including phenoxy) is 1. The molecule has 3 aromatic carbocycles. The van der Waals surface area contributed by atoms with Gasteiger partial charge in [0.25, 0.3) is 0 Å². The number of rotatable bonds is 3. The molecule has 0 aliphatic carbocycles. The molecule has 1 N–H and O–H groups in total. The summed E-state index contributed by atoms with van der Waals surface area (Å²) in [6.45, 7) is 0. The molecule has 3 nitrogen and oxygen atoms in total. The van der Waals surface area contributed by atoms with Gasteiger partial charge in [-0.05, 0) is 47.2 Å². The van der Waals surface area contributed by atoms with Gasteiger partial charge in [0.1, 0.15) is 5.75 Å². The Hall–Kier alpha value is -3.07. The Morgan fingerprint density at radius 2 is 1.70 bits per heavy atom. The van der Waals surface area contributed by atoms with E-state index < -0.39 is 0 Å². The second-order valence-electron chi connectivity index (χ2n) is 5.49. The van der Waals surface area contributed by atoms with Gasteiger partial charge in [0.15, 0.2) is 0 Å². The highest BCUT2D eigenvalue weighted by atomic mass is 16.5. The second kappa shape index (κ2) is 5.29. The number of carbonyl (C=O) groups excluding carboxylic acids is 1. The van der Waals surface area contributed by atoms with Crippen LogP contribution < -0.4 is 4.74 Å². The summed E-state index contributed by atoms with van der Waals surface area (Å²) >= 11 is 0. The lowest BCUT2D eigenvalue weighted by Gasteiger charge is -2.01. The highest BCUT2D eigenvalue weighted by Crippen LogP contribution is 2.27. The summed E-state index contributed by atoms with van der Waals surface area (Å²) in [7, 11) is 1.61. The summed E-state index contributed by atoms with van der Waals surface area (Å²) in [4.78, 5) is 15.9. The van der Waals surface area contributed by atoms with Gasteiger partial charge in [-0.2, -0.15) is 0 Å². The maximum Gasteiger partial charge on any atom is 0.209 e. The van der Waals surface area contributed by atoms with Gasteiger partial charge in [-0.15, -0.1) is 0 Å². The Morgan fingerprint density at radius 1 is 0.913 bits per heavy atom. The zero-order chi connectivity index (χ0) is 15.8. The normalized spacial score (nSPS) is 11.0. The monoisotopic (exact) mass is 301 g/mol. The fourth-order valence-electron chi connectivity index (χ4n) is 2.91. The third kappa shape index (κ3) is 2.27. The van der Waals surface area contributed by atoms with Crippen LogP contribution in [-0.2, 0) is 0 Å². The van der Waals surface area contributed by atoms with Crippen LogP contribution in [-0.4, -0.2) is 17.9 Å². The van der Waals surface area contributed by atoms with Crippen molar-refractivity contribution in [3.05, 3.63) is 78.0 Å². The Labute approximate surface area is 133 Å². The number of H-pyrrole nitrogens is 1. The number of carbonyl (C=O) groups is 1. The Morgan fingerprint density at radius 3 is 2.48 bits per heavy atom. The van der Waals surface area contributed by atoms with Crippen molar-refractivity contribution in [2.45, 2.75) is 0 Å². The van der Waals surface area contributed by atoms with E-state index in [1.165, 1.54) is 5.39 Å². The molecule has 3 heteroatoms. The smallest absolute Gasteiger partial charge is 0.209 e. The molecule has 0 unspecified atom stereocenters. The molecule has 1 aromatic heterocycles. The van der Waals surface area contributed by atoms with Crippen molar-refractivity contribution >= 4 is 27.5 Å². The predicted octanol–water partition coefficient (Wildman–Crippen LogP) is 4.56. The molecule has 4 rings (SSSR count). The van der Waals surface area contributed by atoms with Gasteiger partial charge in [0.2, 0.25) is 5.78 Å². The molecule has 112 valence electrons. The standard InChI is InChI=1S/C20H15NO2/c1-23-15-9-6-14(7-10-15)20(22)19-12-17-16-5-3-2-4-13(16)8-11-18(17)21-19/h2-12,21H,1H3. The van der Waals surface area contributed by atoms with E-state index >= 15 is 0 Å². The first-order chi connectivity index (χ1) is 11.3. The first-order valence-electron chi connectivity index (χ1n) is 7.45. The third-order valence-electron chi connectivity index (χ3n) is 4.13. The molecule has 0 fully saturated rings. The molecule has 0 saturated heterocycles. The van der Waals surface area contributed by atoms with E-state index in [-0.39, 0.29) is 5.78 Å². The number of aromatic amines is 1. The van der Waals surface area contributed by atoms with Gasteiger partial charge in [-0.1, -0.05) is 30.3 Å². The molecular formula is C20H15NO2. The van der Waals surface area contributed by atoms with Gasteiger partial charge < -0.3 is 9.72 Å². The molecule has 0 aliphatic heterocycles. The van der Waals surface area contributed by atoms with Crippen molar-refractivity contribution in [1.82, 2.24) is 4.98 Å². The van der Waals surface area contributed by atoms with Crippen LogP contribution in [0.15, 0.2) is 66.7 Å². The van der Waals surface area contributed by atoms with Crippen LogP contribution in [0.4, 0.5) is 0 Å². The summed E-state index contributed by atoms with van der Waals surface area (Å²) in [5, 5.41) is 3.39. The second-order valence-corrected chi connectivity index (χ2v) is 5.49. The minimum Gasteiger partial charge on any atom is -0.497 e. The lowest BCUT2D eigenvalue weighted by molar-refractivity contribution is 0.103. The van der Waals surface area contributed by atoms with Crippen LogP contribution in [0.25, 0.3) is 21.7 Å². The molecule has 0 spiro atoms. The van der Waals surface area contributed by atoms with Crippen molar-refractivity contribution in [3.63, 3.8) is 0 Å². The van der Waals surface area contributed by atoms with Gasteiger partial charge in [-0.3, -0.25) is 4.79 Å². The highest BCUT2D eigenvalue weighted by Gasteiger charge is 2.13. The van der Waals surface area contributed by atoms with Crippen LogP contribution in [0, 0.1) is 0 Å². The Balaban J connectivity index is 1.81. The van der Waals surface area contributed by atoms with Crippen LogP contribution in [0.3, 0.4) is 0 Å². The molecular weight excluding hydrogens is 286 g/mol. The number of fused-ring (bicyclic) bond motifs is 3. The zero-order valence-electron chi connectivity index (χ0n) is 12.7. The largest absolute Gasteiger partial charge is 0.497 e. The topological polar surface area (TPSA) is 42.1 Å². The Bertz CT molecular complexity index is 1010. The molecule has 0 bridgehead atoms. The van der Waals surface area contributed by atoms with Crippen molar-refractivity contribution in [2.75, 3.05) is 7.11 Å². The minimum absolute atomic E-state index is 0.0204. The number of methoxy groups -OCH3 is 1. The van der Waals surface area contributed by atoms with E-state index in [4.69, 9.17) is 4.74 Å². The zero-order valence-corrected chi connectivity index (χ0v) is 12.7. The number of hydrogen-bond donors (Lipinski definition) is 1. The lowest BCUT2D eigenvalue weighted by atomic mass is 10.1.